The number of benzene rings is 1. The number of aromatic nitrogens is 2. The Morgan fingerprint density at radius 3 is 2.09 bits per heavy atom. The van der Waals surface area contributed by atoms with Crippen molar-refractivity contribution < 1.29 is 9.53 Å². The highest BCUT2D eigenvalue weighted by Crippen LogP contribution is 2.47. The van der Waals surface area contributed by atoms with E-state index in [2.05, 4.69) is 22.1 Å². The molecule has 23 heavy (non-hydrogen) atoms. The Morgan fingerprint density at radius 1 is 1.09 bits per heavy atom. The van der Waals surface area contributed by atoms with Crippen LogP contribution in [0.4, 0.5) is 4.79 Å². The lowest BCUT2D eigenvalue weighted by Gasteiger charge is -2.33. The van der Waals surface area contributed by atoms with Crippen LogP contribution in [0.2, 0.25) is 0 Å². The van der Waals surface area contributed by atoms with Crippen molar-refractivity contribution in [3.8, 4) is 0 Å². The number of carbonyl (C=O) groups excluding carboxylic acids is 1. The zero-order valence-corrected chi connectivity index (χ0v) is 13.7. The quantitative estimate of drug-likeness (QED) is 0.748. The average Bonchev–Trinajstić information content (AvgIpc) is 2.74. The second-order valence-corrected chi connectivity index (χ2v) is 7.54. The van der Waals surface area contributed by atoms with Gasteiger partial charge in [0.05, 0.1) is 11.0 Å². The zero-order valence-electron chi connectivity index (χ0n) is 13.7. The third-order valence-electron chi connectivity index (χ3n) is 4.66. The molecule has 1 fully saturated rings. The molecule has 5 nitrogen and oxygen atoms in total. The Kier molecular flexibility index (Phi) is 3.08. The summed E-state index contributed by atoms with van der Waals surface area (Å²) in [7, 11) is 0. The maximum Gasteiger partial charge on any atom is 0.410 e. The zero-order chi connectivity index (χ0) is 16.2. The molecule has 1 aliphatic carbocycles. The number of ether oxygens (including phenoxy) is 1. The molecule has 1 aromatic carbocycles. The van der Waals surface area contributed by atoms with Crippen LogP contribution in [0.15, 0.2) is 24.5 Å². The number of fused-ring (bicyclic) bond motifs is 6. The lowest BCUT2D eigenvalue weighted by atomic mass is 9.96. The molecule has 0 unspecified atom stereocenters. The van der Waals surface area contributed by atoms with Crippen LogP contribution >= 0.6 is 0 Å². The van der Waals surface area contributed by atoms with Gasteiger partial charge in [-0.2, -0.15) is 0 Å². The Hall–Kier alpha value is -2.17. The van der Waals surface area contributed by atoms with Crippen LogP contribution in [-0.4, -0.2) is 39.7 Å². The molecule has 2 aromatic rings. The highest BCUT2D eigenvalue weighted by atomic mass is 16.6. The van der Waals surface area contributed by atoms with E-state index in [-0.39, 0.29) is 6.09 Å². The molecule has 0 spiro atoms. The van der Waals surface area contributed by atoms with Gasteiger partial charge in [0.25, 0.3) is 0 Å². The molecular formula is C18H21N3O2. The van der Waals surface area contributed by atoms with Crippen molar-refractivity contribution >= 4 is 17.1 Å². The molecule has 120 valence electrons. The van der Waals surface area contributed by atoms with Gasteiger partial charge >= 0.3 is 6.09 Å². The summed E-state index contributed by atoms with van der Waals surface area (Å²) in [5.74, 6) is 0.755. The molecule has 0 radical (unpaired) electrons. The third-order valence-corrected chi connectivity index (χ3v) is 4.66. The van der Waals surface area contributed by atoms with E-state index in [1.807, 2.05) is 25.7 Å². The molecule has 0 saturated carbocycles. The molecule has 4 rings (SSSR count). The van der Waals surface area contributed by atoms with Crippen LogP contribution in [0.5, 0.6) is 0 Å². The number of hydrogen-bond donors (Lipinski definition) is 0. The van der Waals surface area contributed by atoms with E-state index in [4.69, 9.17) is 4.74 Å². The van der Waals surface area contributed by atoms with Crippen molar-refractivity contribution in [2.45, 2.75) is 44.6 Å². The number of rotatable bonds is 0. The highest BCUT2D eigenvalue weighted by Gasteiger charge is 2.40. The minimum absolute atomic E-state index is 0.208. The van der Waals surface area contributed by atoms with Crippen molar-refractivity contribution in [3.05, 3.63) is 35.7 Å². The summed E-state index contributed by atoms with van der Waals surface area (Å²) in [4.78, 5) is 23.1. The third kappa shape index (κ3) is 2.54. The molecule has 0 N–H and O–H groups in total. The normalized spacial score (nSPS) is 23.0. The van der Waals surface area contributed by atoms with Gasteiger partial charge in [0, 0.05) is 37.3 Å². The van der Waals surface area contributed by atoms with Gasteiger partial charge < -0.3 is 9.64 Å². The van der Waals surface area contributed by atoms with Crippen molar-refractivity contribution in [1.82, 2.24) is 14.9 Å². The summed E-state index contributed by atoms with van der Waals surface area (Å²) in [5, 5.41) is 0. The van der Waals surface area contributed by atoms with Crippen molar-refractivity contribution in [3.63, 3.8) is 0 Å². The molecule has 1 aliphatic heterocycles. The van der Waals surface area contributed by atoms with Gasteiger partial charge in [-0.3, -0.25) is 9.97 Å². The van der Waals surface area contributed by atoms with Crippen LogP contribution < -0.4 is 0 Å². The Morgan fingerprint density at radius 2 is 1.61 bits per heavy atom. The van der Waals surface area contributed by atoms with Gasteiger partial charge in [0.2, 0.25) is 0 Å². The molecule has 2 heterocycles. The minimum atomic E-state index is -0.455. The predicted molar refractivity (Wildman–Crippen MR) is 87.4 cm³/mol. The molecule has 1 aromatic heterocycles. The van der Waals surface area contributed by atoms with E-state index in [1.165, 1.54) is 11.1 Å². The fourth-order valence-electron chi connectivity index (χ4n) is 3.78. The first-order valence-electron chi connectivity index (χ1n) is 8.13. The van der Waals surface area contributed by atoms with Gasteiger partial charge in [0.1, 0.15) is 5.60 Å². The first-order valence-corrected chi connectivity index (χ1v) is 8.13. The minimum Gasteiger partial charge on any atom is -0.444 e. The second kappa shape index (κ2) is 4.91. The average molecular weight is 311 g/mol. The topological polar surface area (TPSA) is 55.3 Å². The van der Waals surface area contributed by atoms with Gasteiger partial charge in [0.15, 0.2) is 0 Å². The van der Waals surface area contributed by atoms with Crippen LogP contribution in [0, 0.1) is 0 Å². The fourth-order valence-corrected chi connectivity index (χ4v) is 3.78. The number of likely N-dealkylation sites (tertiary alicyclic amines) is 1. The maximum absolute atomic E-state index is 12.4. The van der Waals surface area contributed by atoms with Crippen LogP contribution in [0.1, 0.15) is 50.2 Å². The Bertz CT molecular complexity index is 731. The van der Waals surface area contributed by atoms with Gasteiger partial charge in [-0.05, 0) is 50.5 Å². The first kappa shape index (κ1) is 14.4. The molecule has 5 heteroatoms. The monoisotopic (exact) mass is 311 g/mol. The van der Waals surface area contributed by atoms with Crippen LogP contribution in [-0.2, 0) is 4.74 Å². The van der Waals surface area contributed by atoms with Gasteiger partial charge in [-0.1, -0.05) is 0 Å². The van der Waals surface area contributed by atoms with E-state index >= 15 is 0 Å². The summed E-state index contributed by atoms with van der Waals surface area (Å²) in [6.07, 6.45) is 4.34. The van der Waals surface area contributed by atoms with Crippen LogP contribution in [0.3, 0.4) is 0 Å². The van der Waals surface area contributed by atoms with Gasteiger partial charge in [-0.25, -0.2) is 4.79 Å². The molecule has 2 aliphatic rings. The van der Waals surface area contributed by atoms with E-state index in [0.717, 1.165) is 30.5 Å². The first-order chi connectivity index (χ1) is 10.9. The fraction of sp³-hybridized carbons (Fsp3) is 0.500. The Labute approximate surface area is 135 Å². The van der Waals surface area contributed by atoms with E-state index in [9.17, 15) is 4.79 Å². The SMILES string of the molecule is CC(C)(C)OC(=O)N1C[C@H]2C[C@@H](C1)c1cc3nccnc3cc12. The molecule has 1 saturated heterocycles. The van der Waals surface area contributed by atoms with E-state index in [1.54, 1.807) is 12.4 Å². The maximum atomic E-state index is 12.4. The van der Waals surface area contributed by atoms with E-state index < -0.39 is 5.60 Å². The number of carbonyl (C=O) groups is 1. The van der Waals surface area contributed by atoms with Crippen molar-refractivity contribution in [2.75, 3.05) is 13.1 Å². The standard InChI is InChI=1S/C18H21N3O2/c1-18(2,3)23-17(22)21-9-11-6-12(10-21)14-8-16-15(7-13(11)14)19-4-5-20-16/h4-5,7-8,11-12H,6,9-10H2,1-3H3/t11-,12+. The number of hydrogen-bond acceptors (Lipinski definition) is 4. The van der Waals surface area contributed by atoms with Crippen molar-refractivity contribution in [2.24, 2.45) is 0 Å². The largest absolute Gasteiger partial charge is 0.444 e. The highest BCUT2D eigenvalue weighted by molar-refractivity contribution is 5.77. The molecule has 1 amide bonds. The lowest BCUT2D eigenvalue weighted by Crippen LogP contribution is -2.42. The summed E-state index contributed by atoms with van der Waals surface area (Å²) in [6, 6.07) is 4.31. The van der Waals surface area contributed by atoms with Gasteiger partial charge in [-0.15, -0.1) is 0 Å². The van der Waals surface area contributed by atoms with Crippen molar-refractivity contribution in [1.29, 1.82) is 0 Å². The molecular weight excluding hydrogens is 290 g/mol. The molecule has 2 atom stereocenters. The predicted octanol–water partition coefficient (Wildman–Crippen LogP) is 3.45. The summed E-state index contributed by atoms with van der Waals surface area (Å²) in [5.41, 5.74) is 4.07. The lowest BCUT2D eigenvalue weighted by molar-refractivity contribution is 0.0193. The van der Waals surface area contributed by atoms with Crippen LogP contribution in [0.25, 0.3) is 11.0 Å². The Balaban J connectivity index is 1.64. The number of nitrogens with zero attached hydrogens (tertiary/aromatic N) is 3. The summed E-state index contributed by atoms with van der Waals surface area (Å²) >= 11 is 0. The number of amides is 1. The molecule has 2 bridgehead atoms. The summed E-state index contributed by atoms with van der Waals surface area (Å²) in [6.45, 7) is 7.17. The number of piperidine rings is 1. The smallest absolute Gasteiger partial charge is 0.410 e. The van der Waals surface area contributed by atoms with E-state index in [0.29, 0.717) is 11.8 Å². The summed E-state index contributed by atoms with van der Waals surface area (Å²) < 4.78 is 5.54. The second-order valence-electron chi connectivity index (χ2n) is 7.54.